The smallest absolute Gasteiger partial charge is 0.126 e. The number of halogens is 1. The molecule has 3 heteroatoms. The average Bonchev–Trinajstić information content (AvgIpc) is 2.68. The van der Waals surface area contributed by atoms with Crippen molar-refractivity contribution in [3.05, 3.63) is 58.8 Å². The van der Waals surface area contributed by atoms with Crippen molar-refractivity contribution in [1.82, 2.24) is 0 Å². The topological polar surface area (TPSA) is 39.2 Å². The van der Waals surface area contributed by atoms with Gasteiger partial charge in [0.25, 0.3) is 0 Å². The van der Waals surface area contributed by atoms with Crippen LogP contribution in [0.1, 0.15) is 28.5 Å². The molecule has 0 fully saturated rings. The molecule has 0 aliphatic rings. The number of aryl methyl sites for hydroxylation is 2. The van der Waals surface area contributed by atoms with E-state index in [1.165, 1.54) is 6.07 Å². The lowest BCUT2D eigenvalue weighted by Gasteiger charge is -2.10. The summed E-state index contributed by atoms with van der Waals surface area (Å²) >= 11 is 0. The first-order chi connectivity index (χ1) is 7.58. The molecule has 1 unspecified atom stereocenters. The second-order valence-corrected chi connectivity index (χ2v) is 3.98. The Labute approximate surface area is 93.9 Å². The van der Waals surface area contributed by atoms with Gasteiger partial charge in [0.1, 0.15) is 11.6 Å². The Kier molecular flexibility index (Phi) is 2.79. The van der Waals surface area contributed by atoms with Crippen LogP contribution in [0.15, 0.2) is 34.9 Å². The van der Waals surface area contributed by atoms with Crippen LogP contribution < -0.4 is 5.73 Å². The van der Waals surface area contributed by atoms with Gasteiger partial charge in [-0.15, -0.1) is 0 Å². The van der Waals surface area contributed by atoms with E-state index in [2.05, 4.69) is 0 Å². The van der Waals surface area contributed by atoms with Gasteiger partial charge in [-0.05, 0) is 37.1 Å². The summed E-state index contributed by atoms with van der Waals surface area (Å²) in [6, 6.07) is 6.57. The lowest BCUT2D eigenvalue weighted by molar-refractivity contribution is 0.530. The predicted octanol–water partition coefficient (Wildman–Crippen LogP) is 3.08. The van der Waals surface area contributed by atoms with E-state index in [-0.39, 0.29) is 11.9 Å². The van der Waals surface area contributed by atoms with Gasteiger partial charge < -0.3 is 10.2 Å². The van der Waals surface area contributed by atoms with E-state index in [1.54, 1.807) is 19.3 Å². The highest BCUT2D eigenvalue weighted by atomic mass is 19.1. The number of furan rings is 1. The Morgan fingerprint density at radius 1 is 1.19 bits per heavy atom. The fourth-order valence-electron chi connectivity index (χ4n) is 1.62. The zero-order valence-corrected chi connectivity index (χ0v) is 9.33. The molecule has 1 atom stereocenters. The molecule has 0 saturated heterocycles. The molecule has 1 heterocycles. The first kappa shape index (κ1) is 10.9. The number of nitrogens with two attached hydrogens (primary N) is 1. The Hall–Kier alpha value is -1.61. The number of rotatable bonds is 2. The lowest BCUT2D eigenvalue weighted by Crippen LogP contribution is -2.11. The second kappa shape index (κ2) is 4.10. The summed E-state index contributed by atoms with van der Waals surface area (Å²) in [5.41, 5.74) is 8.26. The Morgan fingerprint density at radius 3 is 2.50 bits per heavy atom. The van der Waals surface area contributed by atoms with Crippen LogP contribution in [0.25, 0.3) is 0 Å². The van der Waals surface area contributed by atoms with Gasteiger partial charge in [0.05, 0.1) is 12.3 Å². The van der Waals surface area contributed by atoms with Crippen LogP contribution in [0.2, 0.25) is 0 Å². The maximum absolute atomic E-state index is 13.4. The first-order valence-electron chi connectivity index (χ1n) is 5.14. The van der Waals surface area contributed by atoms with E-state index in [0.29, 0.717) is 5.56 Å². The minimum Gasteiger partial charge on any atom is -0.469 e. The van der Waals surface area contributed by atoms with E-state index in [0.717, 1.165) is 16.9 Å². The first-order valence-corrected chi connectivity index (χ1v) is 5.14. The number of hydrogen-bond donors (Lipinski definition) is 1. The molecule has 0 amide bonds. The Bertz CT molecular complexity index is 504. The monoisotopic (exact) mass is 219 g/mol. The summed E-state index contributed by atoms with van der Waals surface area (Å²) in [4.78, 5) is 0. The van der Waals surface area contributed by atoms with E-state index in [9.17, 15) is 4.39 Å². The van der Waals surface area contributed by atoms with Crippen LogP contribution in [0, 0.1) is 19.7 Å². The molecule has 2 N–H and O–H groups in total. The van der Waals surface area contributed by atoms with Crippen LogP contribution in [0.5, 0.6) is 0 Å². The van der Waals surface area contributed by atoms with E-state index in [4.69, 9.17) is 10.2 Å². The van der Waals surface area contributed by atoms with Crippen molar-refractivity contribution in [2.75, 3.05) is 0 Å². The standard InChI is InChI=1S/C13H14FNO/c1-8-3-4-10(6-12(8)14)13(15)11-5-9(2)16-7-11/h3-7,13H,15H2,1-2H3. The molecule has 0 radical (unpaired) electrons. The molecule has 1 aromatic carbocycles. The van der Waals surface area contributed by atoms with Gasteiger partial charge in [0, 0.05) is 5.56 Å². The number of benzene rings is 1. The molecule has 16 heavy (non-hydrogen) atoms. The highest BCUT2D eigenvalue weighted by molar-refractivity contribution is 5.32. The van der Waals surface area contributed by atoms with Gasteiger partial charge in [-0.1, -0.05) is 12.1 Å². The zero-order valence-electron chi connectivity index (χ0n) is 9.33. The Morgan fingerprint density at radius 2 is 1.94 bits per heavy atom. The summed E-state index contributed by atoms with van der Waals surface area (Å²) in [5, 5.41) is 0. The molecule has 1 aromatic heterocycles. The normalized spacial score (nSPS) is 12.8. The second-order valence-electron chi connectivity index (χ2n) is 3.98. The molecule has 0 aliphatic heterocycles. The van der Waals surface area contributed by atoms with Crippen molar-refractivity contribution < 1.29 is 8.81 Å². The predicted molar refractivity (Wildman–Crippen MR) is 60.6 cm³/mol. The van der Waals surface area contributed by atoms with Gasteiger partial charge in [0.2, 0.25) is 0 Å². The van der Waals surface area contributed by atoms with Gasteiger partial charge in [-0.25, -0.2) is 4.39 Å². The molecule has 84 valence electrons. The fraction of sp³-hybridized carbons (Fsp3) is 0.231. The van der Waals surface area contributed by atoms with Crippen molar-refractivity contribution in [3.8, 4) is 0 Å². The van der Waals surface area contributed by atoms with Gasteiger partial charge in [0.15, 0.2) is 0 Å². The molecule has 0 spiro atoms. The number of hydrogen-bond acceptors (Lipinski definition) is 2. The third-order valence-corrected chi connectivity index (χ3v) is 2.66. The highest BCUT2D eigenvalue weighted by Gasteiger charge is 2.12. The molecule has 0 aliphatic carbocycles. The van der Waals surface area contributed by atoms with Crippen LogP contribution in [0.3, 0.4) is 0 Å². The van der Waals surface area contributed by atoms with Crippen molar-refractivity contribution in [2.24, 2.45) is 5.73 Å². The largest absolute Gasteiger partial charge is 0.469 e. The lowest BCUT2D eigenvalue weighted by atomic mass is 10.0. The van der Waals surface area contributed by atoms with Crippen molar-refractivity contribution in [1.29, 1.82) is 0 Å². The van der Waals surface area contributed by atoms with Crippen molar-refractivity contribution in [2.45, 2.75) is 19.9 Å². The van der Waals surface area contributed by atoms with E-state index < -0.39 is 0 Å². The SMILES string of the molecule is Cc1cc(C(N)c2ccc(C)c(F)c2)co1. The minimum atomic E-state index is -0.340. The molecule has 0 bridgehead atoms. The Balaban J connectivity index is 2.33. The maximum atomic E-state index is 13.4. The van der Waals surface area contributed by atoms with Gasteiger partial charge in [-0.3, -0.25) is 0 Å². The van der Waals surface area contributed by atoms with Crippen LogP contribution in [-0.2, 0) is 0 Å². The summed E-state index contributed by atoms with van der Waals surface area (Å²) in [7, 11) is 0. The molecule has 2 aromatic rings. The quantitative estimate of drug-likeness (QED) is 0.843. The minimum absolute atomic E-state index is 0.229. The summed E-state index contributed by atoms with van der Waals surface area (Å²) < 4.78 is 18.6. The van der Waals surface area contributed by atoms with Crippen molar-refractivity contribution >= 4 is 0 Å². The highest BCUT2D eigenvalue weighted by Crippen LogP contribution is 2.22. The third-order valence-electron chi connectivity index (χ3n) is 2.66. The molecular weight excluding hydrogens is 205 g/mol. The van der Waals surface area contributed by atoms with Gasteiger partial charge >= 0.3 is 0 Å². The van der Waals surface area contributed by atoms with Crippen molar-refractivity contribution in [3.63, 3.8) is 0 Å². The maximum Gasteiger partial charge on any atom is 0.126 e. The van der Waals surface area contributed by atoms with Crippen LogP contribution in [-0.4, -0.2) is 0 Å². The average molecular weight is 219 g/mol. The van der Waals surface area contributed by atoms with Crippen LogP contribution >= 0.6 is 0 Å². The van der Waals surface area contributed by atoms with E-state index in [1.807, 2.05) is 19.1 Å². The molecular formula is C13H14FNO. The van der Waals surface area contributed by atoms with Gasteiger partial charge in [-0.2, -0.15) is 0 Å². The summed E-state index contributed by atoms with van der Waals surface area (Å²) in [6.07, 6.45) is 1.61. The zero-order chi connectivity index (χ0) is 11.7. The summed E-state index contributed by atoms with van der Waals surface area (Å²) in [6.45, 7) is 3.58. The van der Waals surface area contributed by atoms with E-state index >= 15 is 0 Å². The fourth-order valence-corrected chi connectivity index (χ4v) is 1.62. The molecule has 2 rings (SSSR count). The molecule has 0 saturated carbocycles. The molecule has 2 nitrogen and oxygen atoms in total. The third kappa shape index (κ3) is 1.99. The van der Waals surface area contributed by atoms with Crippen LogP contribution in [0.4, 0.5) is 4.39 Å². The summed E-state index contributed by atoms with van der Waals surface area (Å²) in [5.74, 6) is 0.575.